The van der Waals surface area contributed by atoms with Crippen LogP contribution in [0.15, 0.2) is 6.07 Å². The molecule has 0 N–H and O–H groups in total. The maximum Gasteiger partial charge on any atom is 0.350 e. The predicted molar refractivity (Wildman–Crippen MR) is 66.8 cm³/mol. The minimum absolute atomic E-state index is 0.159. The topological polar surface area (TPSA) is 79.8 Å². The van der Waals surface area contributed by atoms with Gasteiger partial charge in [0.15, 0.2) is 5.67 Å². The Morgan fingerprint density at radius 3 is 2.05 bits per heavy atom. The maximum atomic E-state index is 14.0. The van der Waals surface area contributed by atoms with Crippen molar-refractivity contribution < 1.29 is 28.1 Å². The van der Waals surface area contributed by atoms with Crippen molar-refractivity contribution in [3.05, 3.63) is 6.07 Å². The Labute approximate surface area is 116 Å². The summed E-state index contributed by atoms with van der Waals surface area (Å²) in [7, 11) is 3.92. The molecule has 0 aliphatic carbocycles. The molecule has 0 aliphatic rings. The molecule has 0 saturated carbocycles. The van der Waals surface area contributed by atoms with Crippen LogP contribution in [0.2, 0.25) is 0 Å². The minimum atomic E-state index is -1.98. The number of rotatable bonds is 6. The summed E-state index contributed by atoms with van der Waals surface area (Å²) in [4.78, 5) is 19.3. The Morgan fingerprint density at radius 2 is 1.70 bits per heavy atom. The third-order valence-corrected chi connectivity index (χ3v) is 2.34. The molecule has 1 heterocycles. The summed E-state index contributed by atoms with van der Waals surface area (Å²) in [6.07, 6.45) is -1.51. The first-order chi connectivity index (χ1) is 9.31. The van der Waals surface area contributed by atoms with Crippen LogP contribution in [0.5, 0.6) is 17.8 Å². The molecular weight excluding hydrogens is 271 g/mol. The lowest BCUT2D eigenvalue weighted by Crippen LogP contribution is -2.44. The third kappa shape index (κ3) is 3.94. The summed E-state index contributed by atoms with van der Waals surface area (Å²) >= 11 is 0. The largest absolute Gasteiger partial charge is 0.481 e. The van der Waals surface area contributed by atoms with E-state index in [0.717, 1.165) is 7.11 Å². The number of aromatic nitrogens is 2. The number of carbonyl (C=O) groups excluding carboxylic acids is 1. The number of esters is 1. The zero-order valence-corrected chi connectivity index (χ0v) is 12.0. The second-order valence-corrected chi connectivity index (χ2v) is 4.32. The average molecular weight is 288 g/mol. The molecule has 0 radical (unpaired) electrons. The summed E-state index contributed by atoms with van der Waals surface area (Å²) in [5.41, 5.74) is -1.98. The van der Waals surface area contributed by atoms with Gasteiger partial charge in [-0.2, -0.15) is 9.97 Å². The summed E-state index contributed by atoms with van der Waals surface area (Å²) in [5, 5.41) is 0. The van der Waals surface area contributed by atoms with Crippen molar-refractivity contribution in [2.45, 2.75) is 25.6 Å². The summed E-state index contributed by atoms with van der Waals surface area (Å²) in [6.45, 7) is 2.37. The molecule has 1 aromatic rings. The van der Waals surface area contributed by atoms with E-state index in [4.69, 9.17) is 14.2 Å². The predicted octanol–water partition coefficient (Wildman–Crippen LogP) is 1.16. The highest BCUT2D eigenvalue weighted by Gasteiger charge is 2.39. The van der Waals surface area contributed by atoms with Crippen molar-refractivity contribution in [3.63, 3.8) is 0 Å². The van der Waals surface area contributed by atoms with Crippen molar-refractivity contribution in [1.82, 2.24) is 9.97 Å². The number of ether oxygens (including phenoxy) is 4. The molecule has 8 heteroatoms. The van der Waals surface area contributed by atoms with Gasteiger partial charge in [-0.3, -0.25) is 0 Å². The van der Waals surface area contributed by atoms with E-state index in [-0.39, 0.29) is 17.8 Å². The summed E-state index contributed by atoms with van der Waals surface area (Å²) in [6, 6.07) is 1.17. The first kappa shape index (κ1) is 15.9. The first-order valence-corrected chi connectivity index (χ1v) is 5.72. The Morgan fingerprint density at radius 1 is 1.20 bits per heavy atom. The van der Waals surface area contributed by atoms with Crippen molar-refractivity contribution in [2.24, 2.45) is 0 Å². The van der Waals surface area contributed by atoms with Crippen LogP contribution in [0, 0.1) is 0 Å². The van der Waals surface area contributed by atoms with Gasteiger partial charge in [-0.25, -0.2) is 9.18 Å². The fourth-order valence-electron chi connectivity index (χ4n) is 1.33. The van der Waals surface area contributed by atoms with E-state index >= 15 is 0 Å². The number of alkyl halides is 1. The molecule has 1 aromatic heterocycles. The van der Waals surface area contributed by atoms with E-state index in [9.17, 15) is 9.18 Å². The normalized spacial score (nSPS) is 12.5. The van der Waals surface area contributed by atoms with Crippen molar-refractivity contribution in [2.75, 3.05) is 21.3 Å². The van der Waals surface area contributed by atoms with Gasteiger partial charge in [-0.15, -0.1) is 0 Å². The quantitative estimate of drug-likeness (QED) is 0.727. The molecule has 112 valence electrons. The van der Waals surface area contributed by atoms with Gasteiger partial charge in [-0.1, -0.05) is 0 Å². The van der Waals surface area contributed by atoms with Crippen molar-refractivity contribution >= 4 is 5.97 Å². The number of hydrogen-bond acceptors (Lipinski definition) is 7. The summed E-state index contributed by atoms with van der Waals surface area (Å²) in [5.74, 6) is -0.554. The van der Waals surface area contributed by atoms with E-state index < -0.39 is 17.7 Å². The molecule has 0 bridgehead atoms. The Kier molecular flexibility index (Phi) is 5.06. The molecule has 1 rings (SSSR count). The van der Waals surface area contributed by atoms with Gasteiger partial charge >= 0.3 is 12.0 Å². The van der Waals surface area contributed by atoms with Crippen LogP contribution in [0.4, 0.5) is 4.39 Å². The second-order valence-electron chi connectivity index (χ2n) is 4.32. The average Bonchev–Trinajstić information content (AvgIpc) is 2.42. The van der Waals surface area contributed by atoms with E-state index in [1.54, 1.807) is 0 Å². The minimum Gasteiger partial charge on any atom is -0.481 e. The third-order valence-electron chi connectivity index (χ3n) is 2.34. The van der Waals surface area contributed by atoms with Gasteiger partial charge in [0.1, 0.15) is 0 Å². The molecule has 7 nitrogen and oxygen atoms in total. The smallest absolute Gasteiger partial charge is 0.350 e. The van der Waals surface area contributed by atoms with Crippen molar-refractivity contribution in [3.8, 4) is 17.8 Å². The van der Waals surface area contributed by atoms with E-state index in [1.807, 2.05) is 0 Å². The molecule has 0 fully saturated rings. The fourth-order valence-corrected chi connectivity index (χ4v) is 1.33. The van der Waals surface area contributed by atoms with Gasteiger partial charge in [0.05, 0.1) is 27.4 Å². The van der Waals surface area contributed by atoms with Crippen LogP contribution >= 0.6 is 0 Å². The highest BCUT2D eigenvalue weighted by molar-refractivity contribution is 5.76. The Balaban J connectivity index is 3.07. The van der Waals surface area contributed by atoms with E-state index in [2.05, 4.69) is 14.7 Å². The van der Waals surface area contributed by atoms with Gasteiger partial charge in [0, 0.05) is 0 Å². The number of carbonyl (C=O) groups is 1. The van der Waals surface area contributed by atoms with E-state index in [1.165, 1.54) is 34.1 Å². The Hall–Kier alpha value is -2.12. The van der Waals surface area contributed by atoms with Crippen LogP contribution < -0.4 is 14.2 Å². The molecule has 1 unspecified atom stereocenters. The van der Waals surface area contributed by atoms with Gasteiger partial charge in [0.2, 0.25) is 17.9 Å². The highest BCUT2D eigenvalue weighted by atomic mass is 19.1. The highest BCUT2D eigenvalue weighted by Crippen LogP contribution is 2.24. The standard InChI is InChI=1S/C12H17FN2O5/c1-12(2,13)9(10(16)19-5)20-11-14-7(17-3)6-8(15-11)18-4/h6,9H,1-5H3. The molecular formula is C12H17FN2O5. The lowest BCUT2D eigenvalue weighted by molar-refractivity contribution is -0.155. The second kappa shape index (κ2) is 6.36. The van der Waals surface area contributed by atoms with Crippen LogP contribution in [-0.4, -0.2) is 49.0 Å². The SMILES string of the molecule is COC(=O)C(Oc1nc(OC)cc(OC)n1)C(C)(C)F. The zero-order chi connectivity index (χ0) is 15.3. The Bertz CT molecular complexity index is 453. The van der Waals surface area contributed by atoms with Crippen molar-refractivity contribution in [1.29, 1.82) is 0 Å². The van der Waals surface area contributed by atoms with Crippen LogP contribution in [0.3, 0.4) is 0 Å². The van der Waals surface area contributed by atoms with Crippen LogP contribution in [0.1, 0.15) is 13.8 Å². The lowest BCUT2D eigenvalue weighted by Gasteiger charge is -2.24. The monoisotopic (exact) mass is 288 g/mol. The first-order valence-electron chi connectivity index (χ1n) is 5.72. The molecule has 20 heavy (non-hydrogen) atoms. The van der Waals surface area contributed by atoms with Gasteiger partial charge in [-0.05, 0) is 13.8 Å². The fraction of sp³-hybridized carbons (Fsp3) is 0.583. The number of halogens is 1. The molecule has 0 spiro atoms. The molecule has 0 aromatic carbocycles. The van der Waals surface area contributed by atoms with Gasteiger partial charge in [0.25, 0.3) is 0 Å². The lowest BCUT2D eigenvalue weighted by atomic mass is 10.0. The maximum absolute atomic E-state index is 14.0. The molecule has 1 atom stereocenters. The zero-order valence-electron chi connectivity index (χ0n) is 12.0. The summed E-state index contributed by atoms with van der Waals surface area (Å²) < 4.78 is 33.5. The van der Waals surface area contributed by atoms with E-state index in [0.29, 0.717) is 0 Å². The molecule has 0 amide bonds. The van der Waals surface area contributed by atoms with Gasteiger partial charge < -0.3 is 18.9 Å². The van der Waals surface area contributed by atoms with Crippen LogP contribution in [0.25, 0.3) is 0 Å². The number of methoxy groups -OCH3 is 3. The number of hydrogen-bond donors (Lipinski definition) is 0. The van der Waals surface area contributed by atoms with Crippen LogP contribution in [-0.2, 0) is 9.53 Å². The molecule has 0 saturated heterocycles. The number of nitrogens with zero attached hydrogens (tertiary/aromatic N) is 2. The molecule has 0 aliphatic heterocycles.